The van der Waals surface area contributed by atoms with Crippen LogP contribution >= 0.6 is 0 Å². The van der Waals surface area contributed by atoms with Crippen LogP contribution in [0.1, 0.15) is 40.7 Å². The number of rotatable bonds is 6. The van der Waals surface area contributed by atoms with Gasteiger partial charge in [0, 0.05) is 50.2 Å². The normalized spacial score (nSPS) is 25.8. The van der Waals surface area contributed by atoms with Crippen molar-refractivity contribution in [3.63, 3.8) is 0 Å². The van der Waals surface area contributed by atoms with Gasteiger partial charge in [-0.05, 0) is 30.0 Å². The Morgan fingerprint density at radius 1 is 1.29 bits per heavy atom. The van der Waals surface area contributed by atoms with E-state index in [0.717, 1.165) is 30.8 Å². The van der Waals surface area contributed by atoms with Crippen molar-refractivity contribution in [1.29, 1.82) is 0 Å². The lowest BCUT2D eigenvalue weighted by molar-refractivity contribution is -0.136. The highest BCUT2D eigenvalue weighted by atomic mass is 16.5. The number of nitrogens with one attached hydrogen (secondary N) is 2. The summed E-state index contributed by atoms with van der Waals surface area (Å²) in [5.74, 6) is -0.410. The lowest BCUT2D eigenvalue weighted by Gasteiger charge is -2.29. The van der Waals surface area contributed by atoms with E-state index in [1.54, 1.807) is 4.90 Å². The number of nitrogens with zero attached hydrogens (tertiary/aromatic N) is 1. The summed E-state index contributed by atoms with van der Waals surface area (Å²) in [5, 5.41) is 5.69. The van der Waals surface area contributed by atoms with Crippen molar-refractivity contribution in [3.05, 3.63) is 34.9 Å². The maximum atomic E-state index is 12.8. The Bertz CT molecular complexity index is 790. The number of carbonyl (C=O) groups excluding carboxylic acids is 3. The smallest absolute Gasteiger partial charge is 0.255 e. The number of hydrogen-bond donors (Lipinski definition) is 3. The molecule has 28 heavy (non-hydrogen) atoms. The van der Waals surface area contributed by atoms with Gasteiger partial charge in [0.1, 0.15) is 6.04 Å². The summed E-state index contributed by atoms with van der Waals surface area (Å²) in [5.41, 5.74) is 8.77. The highest BCUT2D eigenvalue weighted by Gasteiger charge is 2.39. The van der Waals surface area contributed by atoms with E-state index in [0.29, 0.717) is 37.5 Å². The Kier molecular flexibility index (Phi) is 5.43. The second-order valence-electron chi connectivity index (χ2n) is 7.81. The molecule has 0 bridgehead atoms. The largest absolute Gasteiger partial charge is 0.381 e. The number of hydrogen-bond acceptors (Lipinski definition) is 6. The zero-order valence-corrected chi connectivity index (χ0v) is 15.8. The van der Waals surface area contributed by atoms with Gasteiger partial charge in [0.25, 0.3) is 5.91 Å². The summed E-state index contributed by atoms with van der Waals surface area (Å²) >= 11 is 0. The van der Waals surface area contributed by atoms with Crippen LogP contribution in [0.15, 0.2) is 18.2 Å². The van der Waals surface area contributed by atoms with Gasteiger partial charge in [0.2, 0.25) is 11.8 Å². The van der Waals surface area contributed by atoms with E-state index in [1.807, 2.05) is 18.2 Å². The molecule has 0 aromatic heterocycles. The predicted octanol–water partition coefficient (Wildman–Crippen LogP) is -0.0990. The first kappa shape index (κ1) is 19.0. The molecule has 1 aromatic rings. The van der Waals surface area contributed by atoms with Gasteiger partial charge < -0.3 is 20.7 Å². The molecule has 1 aromatic carbocycles. The Labute approximate surface area is 163 Å². The molecule has 4 rings (SSSR count). The van der Waals surface area contributed by atoms with Gasteiger partial charge in [-0.2, -0.15) is 0 Å². The van der Waals surface area contributed by atoms with E-state index in [9.17, 15) is 14.4 Å². The summed E-state index contributed by atoms with van der Waals surface area (Å²) in [4.78, 5) is 37.9. The fourth-order valence-electron chi connectivity index (χ4n) is 4.15. The predicted molar refractivity (Wildman–Crippen MR) is 101 cm³/mol. The number of imide groups is 1. The molecule has 8 nitrogen and oxygen atoms in total. The van der Waals surface area contributed by atoms with Crippen molar-refractivity contribution >= 4 is 17.7 Å². The molecule has 0 radical (unpaired) electrons. The van der Waals surface area contributed by atoms with Crippen molar-refractivity contribution in [3.8, 4) is 0 Å². The lowest BCUT2D eigenvalue weighted by Crippen LogP contribution is -2.52. The molecule has 3 atom stereocenters. The maximum Gasteiger partial charge on any atom is 0.255 e. The fourth-order valence-corrected chi connectivity index (χ4v) is 4.15. The Morgan fingerprint density at radius 3 is 2.89 bits per heavy atom. The first-order valence-electron chi connectivity index (χ1n) is 9.83. The van der Waals surface area contributed by atoms with E-state index in [1.165, 1.54) is 0 Å². The van der Waals surface area contributed by atoms with Crippen molar-refractivity contribution in [2.24, 2.45) is 11.7 Å². The molecular formula is C20H26N4O4. The minimum atomic E-state index is -0.578. The van der Waals surface area contributed by atoms with Crippen LogP contribution in [-0.4, -0.2) is 54.5 Å². The molecule has 3 heterocycles. The molecule has 2 saturated heterocycles. The van der Waals surface area contributed by atoms with Crippen molar-refractivity contribution in [1.82, 2.24) is 15.5 Å². The summed E-state index contributed by atoms with van der Waals surface area (Å²) in [7, 11) is 0. The topological polar surface area (TPSA) is 114 Å². The molecular weight excluding hydrogens is 360 g/mol. The molecule has 3 aliphatic rings. The van der Waals surface area contributed by atoms with Crippen molar-refractivity contribution in [2.75, 3.05) is 19.8 Å². The highest BCUT2D eigenvalue weighted by molar-refractivity contribution is 6.05. The molecule has 0 spiro atoms. The molecule has 2 fully saturated rings. The fraction of sp³-hybridized carbons (Fsp3) is 0.550. The van der Waals surface area contributed by atoms with E-state index in [2.05, 4.69) is 10.6 Å². The number of piperidine rings is 1. The average molecular weight is 386 g/mol. The summed E-state index contributed by atoms with van der Waals surface area (Å²) in [6.45, 7) is 3.24. The van der Waals surface area contributed by atoms with Crippen molar-refractivity contribution in [2.45, 2.75) is 44.4 Å². The number of carbonyl (C=O) groups is 3. The number of fused-ring (bicyclic) bond motifs is 1. The van der Waals surface area contributed by atoms with Crippen LogP contribution in [-0.2, 0) is 27.4 Å². The minimum absolute atomic E-state index is 0.0570. The summed E-state index contributed by atoms with van der Waals surface area (Å²) in [6, 6.07) is 5.31. The van der Waals surface area contributed by atoms with Gasteiger partial charge in [0.05, 0.1) is 6.61 Å². The average Bonchev–Trinajstić information content (AvgIpc) is 3.31. The van der Waals surface area contributed by atoms with Crippen LogP contribution in [0.4, 0.5) is 0 Å². The SMILES string of the molecule is NC(CNCc1ccc2c(c1)C(=O)N(C1CCC(=O)NC1=O)C2)C1CCOC1. The number of benzene rings is 1. The van der Waals surface area contributed by atoms with Gasteiger partial charge in [-0.15, -0.1) is 0 Å². The minimum Gasteiger partial charge on any atom is -0.381 e. The molecule has 150 valence electrons. The summed E-state index contributed by atoms with van der Waals surface area (Å²) in [6.07, 6.45) is 1.64. The lowest BCUT2D eigenvalue weighted by atomic mass is 10.00. The van der Waals surface area contributed by atoms with Crippen LogP contribution in [0.25, 0.3) is 0 Å². The van der Waals surface area contributed by atoms with E-state index in [4.69, 9.17) is 10.5 Å². The third-order valence-electron chi connectivity index (χ3n) is 5.87. The first-order valence-corrected chi connectivity index (χ1v) is 9.83. The van der Waals surface area contributed by atoms with Gasteiger partial charge in [-0.25, -0.2) is 0 Å². The molecule has 0 aliphatic carbocycles. The first-order chi connectivity index (χ1) is 13.5. The van der Waals surface area contributed by atoms with Gasteiger partial charge >= 0.3 is 0 Å². The second kappa shape index (κ2) is 7.98. The van der Waals surface area contributed by atoms with Crippen LogP contribution in [0, 0.1) is 5.92 Å². The zero-order chi connectivity index (χ0) is 19.7. The highest BCUT2D eigenvalue weighted by Crippen LogP contribution is 2.28. The second-order valence-corrected chi connectivity index (χ2v) is 7.81. The van der Waals surface area contributed by atoms with Crippen LogP contribution in [0.2, 0.25) is 0 Å². The molecule has 4 N–H and O–H groups in total. The Morgan fingerprint density at radius 2 is 2.14 bits per heavy atom. The zero-order valence-electron chi connectivity index (χ0n) is 15.8. The third-order valence-corrected chi connectivity index (χ3v) is 5.87. The monoisotopic (exact) mass is 386 g/mol. The van der Waals surface area contributed by atoms with Crippen LogP contribution < -0.4 is 16.4 Å². The molecule has 3 amide bonds. The number of ether oxygens (including phenoxy) is 1. The standard InChI is InChI=1S/C20H26N4O4/c21-16(14-5-6-28-11-14)9-22-8-12-1-2-13-10-24(20(27)15(13)7-12)17-3-4-18(25)23-19(17)26/h1-2,7,14,16-17,22H,3-6,8-11,21H2,(H,23,25,26). The van der Waals surface area contributed by atoms with Gasteiger partial charge in [0.15, 0.2) is 0 Å². The van der Waals surface area contributed by atoms with Crippen molar-refractivity contribution < 1.29 is 19.1 Å². The van der Waals surface area contributed by atoms with Gasteiger partial charge in [-0.1, -0.05) is 12.1 Å². The third kappa shape index (κ3) is 3.80. The molecule has 0 saturated carbocycles. The number of amides is 3. The molecule has 3 unspecified atom stereocenters. The van der Waals surface area contributed by atoms with E-state index < -0.39 is 6.04 Å². The van der Waals surface area contributed by atoms with E-state index >= 15 is 0 Å². The Balaban J connectivity index is 1.36. The van der Waals surface area contributed by atoms with Crippen LogP contribution in [0.5, 0.6) is 0 Å². The number of nitrogens with two attached hydrogens (primary N) is 1. The summed E-state index contributed by atoms with van der Waals surface area (Å²) < 4.78 is 5.38. The van der Waals surface area contributed by atoms with Gasteiger partial charge in [-0.3, -0.25) is 19.7 Å². The van der Waals surface area contributed by atoms with Crippen LogP contribution in [0.3, 0.4) is 0 Å². The molecule has 3 aliphatic heterocycles. The maximum absolute atomic E-state index is 12.8. The molecule has 8 heteroatoms. The Hall–Kier alpha value is -2.29. The van der Waals surface area contributed by atoms with E-state index in [-0.39, 0.29) is 30.2 Å². The quantitative estimate of drug-likeness (QED) is 0.589.